The van der Waals surface area contributed by atoms with Crippen LogP contribution in [0.5, 0.6) is 5.75 Å². The van der Waals surface area contributed by atoms with Crippen LogP contribution in [0.25, 0.3) is 11.5 Å². The molecule has 208 valence electrons. The van der Waals surface area contributed by atoms with E-state index in [-0.39, 0.29) is 29.6 Å². The number of nitrogens with zero attached hydrogens (tertiary/aromatic N) is 3. The van der Waals surface area contributed by atoms with E-state index in [1.165, 1.54) is 7.11 Å². The van der Waals surface area contributed by atoms with Crippen LogP contribution >= 0.6 is 0 Å². The normalized spacial score (nSPS) is 19.7. The van der Waals surface area contributed by atoms with Gasteiger partial charge in [0, 0.05) is 56.8 Å². The molecule has 0 saturated heterocycles. The zero-order chi connectivity index (χ0) is 27.5. The third-order valence-electron chi connectivity index (χ3n) is 7.41. The predicted molar refractivity (Wildman–Crippen MR) is 147 cm³/mol. The first-order chi connectivity index (χ1) is 18.0. The van der Waals surface area contributed by atoms with Crippen LogP contribution in [0.4, 0.5) is 0 Å². The van der Waals surface area contributed by atoms with E-state index in [4.69, 9.17) is 14.5 Å². The Morgan fingerprint density at radius 3 is 2.76 bits per heavy atom. The Kier molecular flexibility index (Phi) is 8.59. The minimum absolute atomic E-state index is 0.0338. The molecule has 0 unspecified atom stereocenters. The van der Waals surface area contributed by atoms with Crippen molar-refractivity contribution in [3.8, 4) is 17.3 Å². The van der Waals surface area contributed by atoms with Crippen molar-refractivity contribution in [3.05, 3.63) is 42.4 Å². The van der Waals surface area contributed by atoms with E-state index in [2.05, 4.69) is 49.0 Å². The maximum absolute atomic E-state index is 12.1. The van der Waals surface area contributed by atoms with Crippen LogP contribution in [0.1, 0.15) is 70.2 Å². The number of carbonyl (C=O) groups is 1. The molecule has 2 aromatic heterocycles. The highest BCUT2D eigenvalue weighted by atomic mass is 16.5. The molecule has 0 radical (unpaired) electrons. The van der Waals surface area contributed by atoms with Gasteiger partial charge in [-0.05, 0) is 43.6 Å². The Morgan fingerprint density at radius 1 is 1.42 bits per heavy atom. The summed E-state index contributed by atoms with van der Waals surface area (Å²) in [4.78, 5) is 21.8. The lowest BCUT2D eigenvalue weighted by Gasteiger charge is -2.48. The number of pyridine rings is 1. The van der Waals surface area contributed by atoms with Crippen molar-refractivity contribution in [2.24, 2.45) is 12.5 Å². The van der Waals surface area contributed by atoms with Crippen molar-refractivity contribution in [1.82, 2.24) is 25.2 Å². The van der Waals surface area contributed by atoms with Crippen molar-refractivity contribution in [2.75, 3.05) is 20.3 Å². The SMILES string of the molecule is C=CC[C@H](NC(=O)COC)[C@H](O)CN[C@H]1CC2(CCC2)Oc2c1cc(CC(C)(C)C)nc2-c1nccn1C. The minimum atomic E-state index is -0.803. The molecule has 3 N–H and O–H groups in total. The second kappa shape index (κ2) is 11.6. The molecule has 3 atom stereocenters. The van der Waals surface area contributed by atoms with Gasteiger partial charge in [0.2, 0.25) is 5.91 Å². The van der Waals surface area contributed by atoms with E-state index >= 15 is 0 Å². The number of aliphatic hydroxyl groups is 1. The van der Waals surface area contributed by atoms with Crippen molar-refractivity contribution in [2.45, 2.75) is 83.1 Å². The largest absolute Gasteiger partial charge is 0.484 e. The zero-order valence-electron chi connectivity index (χ0n) is 23.4. The smallest absolute Gasteiger partial charge is 0.246 e. The zero-order valence-corrected chi connectivity index (χ0v) is 23.4. The van der Waals surface area contributed by atoms with Crippen molar-refractivity contribution < 1.29 is 19.4 Å². The lowest BCUT2D eigenvalue weighted by molar-refractivity contribution is -0.126. The fraction of sp³-hybridized carbons (Fsp3) is 0.621. The highest BCUT2D eigenvalue weighted by Crippen LogP contribution is 2.51. The van der Waals surface area contributed by atoms with Crippen molar-refractivity contribution in [1.29, 1.82) is 0 Å². The number of fused-ring (bicyclic) bond motifs is 1. The monoisotopic (exact) mass is 525 g/mol. The van der Waals surface area contributed by atoms with E-state index in [0.717, 1.165) is 60.6 Å². The Hall–Kier alpha value is -2.75. The highest BCUT2D eigenvalue weighted by Gasteiger charge is 2.47. The van der Waals surface area contributed by atoms with E-state index < -0.39 is 12.1 Å². The molecular weight excluding hydrogens is 482 g/mol. The van der Waals surface area contributed by atoms with Gasteiger partial charge in [-0.2, -0.15) is 0 Å². The Bertz CT molecular complexity index is 1130. The van der Waals surface area contributed by atoms with Gasteiger partial charge in [0.25, 0.3) is 0 Å². The van der Waals surface area contributed by atoms with Gasteiger partial charge < -0.3 is 29.8 Å². The first-order valence-electron chi connectivity index (χ1n) is 13.6. The average molecular weight is 526 g/mol. The van der Waals surface area contributed by atoms with Gasteiger partial charge >= 0.3 is 0 Å². The quantitative estimate of drug-likeness (QED) is 0.385. The molecule has 0 bridgehead atoms. The molecule has 4 rings (SSSR count). The van der Waals surface area contributed by atoms with Crippen LogP contribution in [-0.2, 0) is 23.0 Å². The van der Waals surface area contributed by atoms with E-state index in [0.29, 0.717) is 13.0 Å². The molecule has 1 fully saturated rings. The number of aliphatic hydroxyl groups excluding tert-OH is 1. The van der Waals surface area contributed by atoms with Crippen molar-refractivity contribution >= 4 is 5.91 Å². The van der Waals surface area contributed by atoms with Gasteiger partial charge in [0.05, 0.1) is 12.1 Å². The van der Waals surface area contributed by atoms with E-state index in [1.54, 1.807) is 12.3 Å². The standard InChI is InChI=1S/C29H43N5O4/c1-7-9-21(33-24(36)18-37-6)23(35)17-31-22-16-29(10-8-11-29)38-26-20(22)14-19(15-28(2,3)4)32-25(26)27-30-12-13-34(27)5/h7,12-14,21-23,31,35H,1,8-11,15-18H2,2-6H3,(H,33,36)/t21-,22-,23+/m0/s1. The van der Waals surface area contributed by atoms with Crippen LogP contribution in [0.2, 0.25) is 0 Å². The topological polar surface area (TPSA) is 111 Å². The van der Waals surface area contributed by atoms with Gasteiger partial charge in [-0.1, -0.05) is 26.8 Å². The number of hydrogen-bond donors (Lipinski definition) is 3. The van der Waals surface area contributed by atoms with Gasteiger partial charge in [0.15, 0.2) is 11.6 Å². The maximum atomic E-state index is 12.1. The highest BCUT2D eigenvalue weighted by molar-refractivity contribution is 5.77. The summed E-state index contributed by atoms with van der Waals surface area (Å²) in [5.74, 6) is 1.30. The van der Waals surface area contributed by atoms with Gasteiger partial charge in [-0.25, -0.2) is 9.97 Å². The predicted octanol–water partition coefficient (Wildman–Crippen LogP) is 3.47. The Labute approximate surface area is 226 Å². The maximum Gasteiger partial charge on any atom is 0.246 e. The first-order valence-corrected chi connectivity index (χ1v) is 13.6. The molecule has 1 saturated carbocycles. The van der Waals surface area contributed by atoms with Crippen LogP contribution in [0.3, 0.4) is 0 Å². The Morgan fingerprint density at radius 2 is 2.18 bits per heavy atom. The van der Waals surface area contributed by atoms with Crippen LogP contribution in [0.15, 0.2) is 31.1 Å². The molecule has 1 spiro atoms. The Balaban J connectivity index is 1.66. The molecule has 2 aliphatic rings. The summed E-state index contributed by atoms with van der Waals surface area (Å²) in [6.45, 7) is 10.7. The second-order valence-electron chi connectivity index (χ2n) is 12.0. The number of amides is 1. The number of aromatic nitrogens is 3. The number of nitrogens with one attached hydrogen (secondary N) is 2. The fourth-order valence-corrected chi connectivity index (χ4v) is 5.43. The summed E-state index contributed by atoms with van der Waals surface area (Å²) >= 11 is 0. The van der Waals surface area contributed by atoms with E-state index in [9.17, 15) is 9.90 Å². The van der Waals surface area contributed by atoms with Gasteiger partial charge in [-0.15, -0.1) is 6.58 Å². The molecule has 3 heterocycles. The molecule has 9 heteroatoms. The van der Waals surface area contributed by atoms with Crippen molar-refractivity contribution in [3.63, 3.8) is 0 Å². The summed E-state index contributed by atoms with van der Waals surface area (Å²) < 4.78 is 13.7. The lowest BCUT2D eigenvalue weighted by atomic mass is 9.72. The molecule has 1 aliphatic heterocycles. The fourth-order valence-electron chi connectivity index (χ4n) is 5.43. The summed E-state index contributed by atoms with van der Waals surface area (Å²) in [5, 5.41) is 17.5. The summed E-state index contributed by atoms with van der Waals surface area (Å²) in [6.07, 6.45) is 9.79. The van der Waals surface area contributed by atoms with Gasteiger partial charge in [0.1, 0.15) is 17.9 Å². The number of carbonyl (C=O) groups excluding carboxylic acids is 1. The molecule has 0 aromatic carbocycles. The summed E-state index contributed by atoms with van der Waals surface area (Å²) in [5.41, 5.74) is 2.62. The first kappa shape index (κ1) is 28.3. The number of hydrogen-bond acceptors (Lipinski definition) is 7. The van der Waals surface area contributed by atoms with Crippen LogP contribution in [0, 0.1) is 5.41 Å². The average Bonchev–Trinajstić information content (AvgIpc) is 3.25. The molecule has 1 aliphatic carbocycles. The van der Waals surface area contributed by atoms with E-state index in [1.807, 2.05) is 17.8 Å². The number of imidazole rings is 1. The third kappa shape index (κ3) is 6.45. The summed E-state index contributed by atoms with van der Waals surface area (Å²) in [7, 11) is 3.44. The number of methoxy groups -OCH3 is 1. The number of rotatable bonds is 11. The van der Waals surface area contributed by atoms with Crippen LogP contribution in [-0.4, -0.2) is 63.6 Å². The molecule has 38 heavy (non-hydrogen) atoms. The lowest BCUT2D eigenvalue weighted by Crippen LogP contribution is -2.52. The third-order valence-corrected chi connectivity index (χ3v) is 7.41. The number of ether oxygens (including phenoxy) is 2. The van der Waals surface area contributed by atoms with Gasteiger partial charge in [-0.3, -0.25) is 4.79 Å². The molecule has 9 nitrogen and oxygen atoms in total. The molecular formula is C29H43N5O4. The molecule has 1 amide bonds. The second-order valence-corrected chi connectivity index (χ2v) is 12.0. The molecule has 2 aromatic rings. The minimum Gasteiger partial charge on any atom is -0.484 e. The summed E-state index contributed by atoms with van der Waals surface area (Å²) in [6, 6.07) is 1.66. The van der Waals surface area contributed by atoms with Crippen LogP contribution < -0.4 is 15.4 Å². The number of aryl methyl sites for hydroxylation is 1.